The van der Waals surface area contributed by atoms with Gasteiger partial charge in [-0.15, -0.1) is 24.8 Å². The quantitative estimate of drug-likeness (QED) is 0.894. The standard InChI is InChI=1S/C11H16N2O.2ClH/c12-9-1-3-10(4-2-9)14-11-5-7-13-8-6-11;;/h5-10H,1-4,12H2;2*1H. The summed E-state index contributed by atoms with van der Waals surface area (Å²) in [5.74, 6) is 0.917. The molecule has 0 atom stereocenters. The van der Waals surface area contributed by atoms with Gasteiger partial charge in [-0.1, -0.05) is 0 Å². The number of pyridine rings is 1. The predicted molar refractivity (Wildman–Crippen MR) is 69.6 cm³/mol. The van der Waals surface area contributed by atoms with Crippen molar-refractivity contribution in [1.29, 1.82) is 0 Å². The summed E-state index contributed by atoms with van der Waals surface area (Å²) in [6.45, 7) is 0. The molecule has 16 heavy (non-hydrogen) atoms. The normalized spacial score (nSPS) is 23.8. The predicted octanol–water partition coefficient (Wildman–Crippen LogP) is 2.57. The Balaban J connectivity index is 0.00000112. The van der Waals surface area contributed by atoms with Gasteiger partial charge in [0, 0.05) is 18.4 Å². The molecular weight excluding hydrogens is 247 g/mol. The average molecular weight is 265 g/mol. The molecule has 2 rings (SSSR count). The highest BCUT2D eigenvalue weighted by Gasteiger charge is 2.19. The summed E-state index contributed by atoms with van der Waals surface area (Å²) in [5, 5.41) is 0. The Morgan fingerprint density at radius 1 is 1.06 bits per heavy atom. The van der Waals surface area contributed by atoms with Crippen molar-refractivity contribution in [2.24, 2.45) is 5.73 Å². The average Bonchev–Trinajstić information content (AvgIpc) is 2.23. The van der Waals surface area contributed by atoms with Gasteiger partial charge < -0.3 is 10.5 Å². The van der Waals surface area contributed by atoms with Crippen LogP contribution in [0.3, 0.4) is 0 Å². The number of hydrogen-bond donors (Lipinski definition) is 1. The van der Waals surface area contributed by atoms with Gasteiger partial charge in [0.15, 0.2) is 0 Å². The molecule has 1 aliphatic rings. The summed E-state index contributed by atoms with van der Waals surface area (Å²) >= 11 is 0. The second kappa shape index (κ2) is 7.71. The highest BCUT2D eigenvalue weighted by atomic mass is 35.5. The molecule has 1 aliphatic carbocycles. The van der Waals surface area contributed by atoms with Gasteiger partial charge in [0.25, 0.3) is 0 Å². The second-order valence-electron chi connectivity index (χ2n) is 3.84. The highest BCUT2D eigenvalue weighted by molar-refractivity contribution is 5.85. The van der Waals surface area contributed by atoms with Crippen LogP contribution in [-0.2, 0) is 0 Å². The van der Waals surface area contributed by atoms with Crippen molar-refractivity contribution in [3.63, 3.8) is 0 Å². The first-order valence-electron chi connectivity index (χ1n) is 5.17. The lowest BCUT2D eigenvalue weighted by molar-refractivity contribution is 0.147. The monoisotopic (exact) mass is 264 g/mol. The summed E-state index contributed by atoms with van der Waals surface area (Å²) in [6.07, 6.45) is 8.16. The molecule has 1 heterocycles. The van der Waals surface area contributed by atoms with Gasteiger partial charge in [0.1, 0.15) is 5.75 Å². The first-order chi connectivity index (χ1) is 6.84. The van der Waals surface area contributed by atoms with Crippen LogP contribution < -0.4 is 10.5 Å². The maximum absolute atomic E-state index is 5.82. The molecule has 0 aliphatic heterocycles. The third-order valence-corrected chi connectivity index (χ3v) is 2.67. The lowest BCUT2D eigenvalue weighted by Gasteiger charge is -2.26. The minimum atomic E-state index is 0. The largest absolute Gasteiger partial charge is 0.490 e. The zero-order valence-electron chi connectivity index (χ0n) is 9.04. The first kappa shape index (κ1) is 15.5. The molecule has 1 fully saturated rings. The Bertz CT molecular complexity index is 277. The zero-order chi connectivity index (χ0) is 9.80. The van der Waals surface area contributed by atoms with Gasteiger partial charge >= 0.3 is 0 Å². The van der Waals surface area contributed by atoms with E-state index in [1.807, 2.05) is 12.1 Å². The van der Waals surface area contributed by atoms with Crippen LogP contribution in [0.5, 0.6) is 5.75 Å². The number of aromatic nitrogens is 1. The van der Waals surface area contributed by atoms with Gasteiger partial charge in [-0.05, 0) is 37.8 Å². The maximum Gasteiger partial charge on any atom is 0.122 e. The van der Waals surface area contributed by atoms with Gasteiger partial charge in [0.2, 0.25) is 0 Å². The van der Waals surface area contributed by atoms with Crippen LogP contribution >= 0.6 is 24.8 Å². The van der Waals surface area contributed by atoms with Gasteiger partial charge in [-0.2, -0.15) is 0 Å². The van der Waals surface area contributed by atoms with E-state index in [1.165, 1.54) is 0 Å². The molecule has 0 radical (unpaired) electrons. The van der Waals surface area contributed by atoms with Crippen molar-refractivity contribution >= 4 is 24.8 Å². The van der Waals surface area contributed by atoms with E-state index >= 15 is 0 Å². The molecule has 2 N–H and O–H groups in total. The Labute approximate surface area is 109 Å². The fraction of sp³-hybridized carbons (Fsp3) is 0.545. The lowest BCUT2D eigenvalue weighted by Crippen LogP contribution is -2.31. The summed E-state index contributed by atoms with van der Waals surface area (Å²) in [4.78, 5) is 3.95. The van der Waals surface area contributed by atoms with Crippen molar-refractivity contribution < 1.29 is 4.74 Å². The molecular formula is C11H18Cl2N2O. The molecule has 1 aromatic rings. The number of nitrogens with two attached hydrogens (primary N) is 1. The summed E-state index contributed by atoms with van der Waals surface area (Å²) in [7, 11) is 0. The molecule has 0 saturated heterocycles. The molecule has 0 aromatic carbocycles. The molecule has 0 bridgehead atoms. The zero-order valence-corrected chi connectivity index (χ0v) is 10.7. The summed E-state index contributed by atoms with van der Waals surface area (Å²) < 4.78 is 5.81. The Morgan fingerprint density at radius 2 is 1.62 bits per heavy atom. The van der Waals surface area contributed by atoms with E-state index in [1.54, 1.807) is 12.4 Å². The van der Waals surface area contributed by atoms with Crippen LogP contribution in [0.4, 0.5) is 0 Å². The van der Waals surface area contributed by atoms with Crippen LogP contribution in [0.15, 0.2) is 24.5 Å². The van der Waals surface area contributed by atoms with Crippen molar-refractivity contribution in [2.75, 3.05) is 0 Å². The third-order valence-electron chi connectivity index (χ3n) is 2.67. The van der Waals surface area contributed by atoms with E-state index in [0.29, 0.717) is 12.1 Å². The molecule has 0 spiro atoms. The van der Waals surface area contributed by atoms with Crippen molar-refractivity contribution in [3.05, 3.63) is 24.5 Å². The van der Waals surface area contributed by atoms with Gasteiger partial charge in [-0.25, -0.2) is 0 Å². The van der Waals surface area contributed by atoms with E-state index in [0.717, 1.165) is 31.4 Å². The summed E-state index contributed by atoms with van der Waals surface area (Å²) in [5.41, 5.74) is 5.82. The van der Waals surface area contributed by atoms with Crippen LogP contribution in [0.25, 0.3) is 0 Å². The summed E-state index contributed by atoms with van der Waals surface area (Å²) in [6, 6.07) is 4.18. The van der Waals surface area contributed by atoms with Crippen molar-refractivity contribution in [3.8, 4) is 5.75 Å². The molecule has 0 amide bonds. The second-order valence-corrected chi connectivity index (χ2v) is 3.84. The molecule has 1 saturated carbocycles. The Morgan fingerprint density at radius 3 is 2.19 bits per heavy atom. The SMILES string of the molecule is Cl.Cl.NC1CCC(Oc2ccncc2)CC1. The van der Waals surface area contributed by atoms with E-state index < -0.39 is 0 Å². The van der Waals surface area contributed by atoms with Crippen LogP contribution in [-0.4, -0.2) is 17.1 Å². The van der Waals surface area contributed by atoms with E-state index in [9.17, 15) is 0 Å². The van der Waals surface area contributed by atoms with Crippen molar-refractivity contribution in [2.45, 2.75) is 37.8 Å². The molecule has 5 heteroatoms. The maximum atomic E-state index is 5.82. The fourth-order valence-corrected chi connectivity index (χ4v) is 1.82. The van der Waals surface area contributed by atoms with Gasteiger partial charge in [0.05, 0.1) is 6.10 Å². The Hall–Kier alpha value is -0.510. The number of ether oxygens (including phenoxy) is 1. The molecule has 0 unspecified atom stereocenters. The minimum Gasteiger partial charge on any atom is -0.490 e. The van der Waals surface area contributed by atoms with Gasteiger partial charge in [-0.3, -0.25) is 4.98 Å². The van der Waals surface area contributed by atoms with E-state index in [4.69, 9.17) is 10.5 Å². The van der Waals surface area contributed by atoms with Crippen LogP contribution in [0, 0.1) is 0 Å². The third kappa shape index (κ3) is 4.56. The lowest BCUT2D eigenvalue weighted by atomic mass is 9.94. The first-order valence-corrected chi connectivity index (χ1v) is 5.17. The van der Waals surface area contributed by atoms with Crippen LogP contribution in [0.2, 0.25) is 0 Å². The smallest absolute Gasteiger partial charge is 0.122 e. The fourth-order valence-electron chi connectivity index (χ4n) is 1.82. The number of rotatable bonds is 2. The molecule has 3 nitrogen and oxygen atoms in total. The van der Waals surface area contributed by atoms with Crippen LogP contribution in [0.1, 0.15) is 25.7 Å². The molecule has 1 aromatic heterocycles. The topological polar surface area (TPSA) is 48.1 Å². The Kier molecular flexibility index (Phi) is 7.47. The number of nitrogens with zero attached hydrogens (tertiary/aromatic N) is 1. The van der Waals surface area contributed by atoms with E-state index in [-0.39, 0.29) is 24.8 Å². The molecule has 92 valence electrons. The highest BCUT2D eigenvalue weighted by Crippen LogP contribution is 2.22. The number of hydrogen-bond acceptors (Lipinski definition) is 3. The van der Waals surface area contributed by atoms with E-state index in [2.05, 4.69) is 4.98 Å². The van der Waals surface area contributed by atoms with Crippen molar-refractivity contribution in [1.82, 2.24) is 4.98 Å². The minimum absolute atomic E-state index is 0. The number of halogens is 2.